The summed E-state index contributed by atoms with van der Waals surface area (Å²) >= 11 is 1.52. The molecule has 0 saturated carbocycles. The largest absolute Gasteiger partial charge is 0.346 e. The minimum Gasteiger partial charge on any atom is -0.346 e. The lowest BCUT2D eigenvalue weighted by atomic mass is 10.0. The summed E-state index contributed by atoms with van der Waals surface area (Å²) < 4.78 is 15.0. The molecule has 1 aromatic carbocycles. The summed E-state index contributed by atoms with van der Waals surface area (Å²) in [7, 11) is 0. The van der Waals surface area contributed by atoms with E-state index in [9.17, 15) is 9.18 Å². The highest BCUT2D eigenvalue weighted by molar-refractivity contribution is 7.13. The molecule has 0 unspecified atom stereocenters. The van der Waals surface area contributed by atoms with Gasteiger partial charge < -0.3 is 5.32 Å². The van der Waals surface area contributed by atoms with Crippen molar-refractivity contribution in [2.24, 2.45) is 0 Å². The number of thiophene rings is 1. The zero-order valence-corrected chi connectivity index (χ0v) is 18.5. The maximum absolute atomic E-state index is 13.4. The number of hydrogen-bond donors (Lipinski definition) is 1. The molecule has 0 aliphatic carbocycles. The second kappa shape index (κ2) is 9.53. The van der Waals surface area contributed by atoms with Crippen LogP contribution in [0.25, 0.3) is 16.4 Å². The van der Waals surface area contributed by atoms with Gasteiger partial charge in [0.25, 0.3) is 5.91 Å². The highest BCUT2D eigenvalue weighted by atomic mass is 32.1. The lowest BCUT2D eigenvalue weighted by Gasteiger charge is -2.31. The van der Waals surface area contributed by atoms with E-state index in [1.807, 2.05) is 17.5 Å². The Morgan fingerprint density at radius 2 is 1.97 bits per heavy atom. The van der Waals surface area contributed by atoms with Gasteiger partial charge in [0.1, 0.15) is 5.82 Å². The van der Waals surface area contributed by atoms with Crippen molar-refractivity contribution in [3.63, 3.8) is 0 Å². The number of nitrogens with one attached hydrogen (secondary N) is 1. The van der Waals surface area contributed by atoms with E-state index in [0.29, 0.717) is 11.5 Å². The summed E-state index contributed by atoms with van der Waals surface area (Å²) in [6.07, 6.45) is 4.04. The van der Waals surface area contributed by atoms with Crippen molar-refractivity contribution in [1.82, 2.24) is 25.0 Å². The molecule has 1 N–H and O–H groups in total. The van der Waals surface area contributed by atoms with Gasteiger partial charge in [0.15, 0.2) is 5.82 Å². The number of rotatable bonds is 6. The first kappa shape index (κ1) is 21.4. The van der Waals surface area contributed by atoms with E-state index in [-0.39, 0.29) is 23.6 Å². The van der Waals surface area contributed by atoms with Crippen LogP contribution in [0.5, 0.6) is 0 Å². The highest BCUT2D eigenvalue weighted by Crippen LogP contribution is 2.26. The topological polar surface area (TPSA) is 63.1 Å². The molecule has 3 heterocycles. The zero-order valence-electron chi connectivity index (χ0n) is 17.7. The van der Waals surface area contributed by atoms with Crippen molar-refractivity contribution in [3.8, 4) is 16.4 Å². The molecule has 162 valence electrons. The first-order valence-electron chi connectivity index (χ1n) is 10.4. The van der Waals surface area contributed by atoms with Crippen molar-refractivity contribution in [2.45, 2.75) is 32.7 Å². The number of amides is 1. The van der Waals surface area contributed by atoms with Crippen LogP contribution in [0.3, 0.4) is 0 Å². The Balaban J connectivity index is 1.48. The van der Waals surface area contributed by atoms with E-state index in [2.05, 4.69) is 40.2 Å². The van der Waals surface area contributed by atoms with Gasteiger partial charge >= 0.3 is 0 Å². The molecule has 0 radical (unpaired) electrons. The number of carbonyl (C=O) groups is 1. The third kappa shape index (κ3) is 5.26. The molecule has 0 bridgehead atoms. The first-order chi connectivity index (χ1) is 15.0. The minimum atomic E-state index is -0.324. The zero-order chi connectivity index (χ0) is 21.8. The van der Waals surface area contributed by atoms with Gasteiger partial charge in [-0.15, -0.1) is 16.4 Å². The van der Waals surface area contributed by atoms with Crippen LogP contribution in [0.1, 0.15) is 37.3 Å². The predicted octanol–water partition coefficient (Wildman–Crippen LogP) is 4.30. The van der Waals surface area contributed by atoms with Crippen molar-refractivity contribution in [2.75, 3.05) is 19.6 Å². The van der Waals surface area contributed by atoms with Crippen molar-refractivity contribution < 1.29 is 9.18 Å². The number of nitrogens with zero attached hydrogens (tertiary/aromatic N) is 4. The molecule has 3 aromatic rings. The fraction of sp³-hybridized carbons (Fsp3) is 0.348. The second-order valence-electron chi connectivity index (χ2n) is 7.95. The molecule has 1 fully saturated rings. The maximum atomic E-state index is 13.4. The maximum Gasteiger partial charge on any atom is 0.291 e. The number of allylic oxidation sites excluding steroid dienone is 1. The van der Waals surface area contributed by atoms with Crippen LogP contribution in [0, 0.1) is 5.82 Å². The fourth-order valence-corrected chi connectivity index (χ4v) is 4.26. The van der Waals surface area contributed by atoms with Gasteiger partial charge in [0.2, 0.25) is 5.82 Å². The Kier molecular flexibility index (Phi) is 6.58. The molecule has 1 aliphatic rings. The van der Waals surface area contributed by atoms with Crippen LogP contribution < -0.4 is 5.32 Å². The van der Waals surface area contributed by atoms with Crippen molar-refractivity contribution in [3.05, 3.63) is 65.1 Å². The lowest BCUT2D eigenvalue weighted by molar-refractivity contribution is 0.0903. The third-order valence-electron chi connectivity index (χ3n) is 5.30. The highest BCUT2D eigenvalue weighted by Gasteiger charge is 2.24. The average Bonchev–Trinajstić information content (AvgIpc) is 3.44. The molecule has 1 amide bonds. The first-order valence-corrected chi connectivity index (χ1v) is 11.3. The predicted molar refractivity (Wildman–Crippen MR) is 121 cm³/mol. The van der Waals surface area contributed by atoms with Gasteiger partial charge in [-0.05, 0) is 62.4 Å². The summed E-state index contributed by atoms with van der Waals surface area (Å²) in [6.45, 7) is 7.07. The van der Waals surface area contributed by atoms with Crippen LogP contribution in [-0.4, -0.2) is 51.2 Å². The smallest absolute Gasteiger partial charge is 0.291 e. The quantitative estimate of drug-likeness (QED) is 0.582. The Bertz CT molecular complexity index is 1050. The number of piperidine rings is 1. The molecule has 8 heteroatoms. The Morgan fingerprint density at radius 3 is 2.61 bits per heavy atom. The van der Waals surface area contributed by atoms with Crippen molar-refractivity contribution in [1.29, 1.82) is 0 Å². The molecular formula is C23H26FN5OS. The van der Waals surface area contributed by atoms with Crippen LogP contribution in [0.2, 0.25) is 0 Å². The van der Waals surface area contributed by atoms with Gasteiger partial charge in [-0.2, -0.15) is 0 Å². The third-order valence-corrected chi connectivity index (χ3v) is 6.17. The molecule has 1 aliphatic heterocycles. The number of likely N-dealkylation sites (tertiary alicyclic amines) is 1. The molecule has 0 atom stereocenters. The molecule has 31 heavy (non-hydrogen) atoms. The van der Waals surface area contributed by atoms with Gasteiger partial charge in [0.05, 0.1) is 10.6 Å². The van der Waals surface area contributed by atoms with Crippen molar-refractivity contribution >= 4 is 17.2 Å². The van der Waals surface area contributed by atoms with Crippen LogP contribution in [-0.2, 0) is 0 Å². The summed E-state index contributed by atoms with van der Waals surface area (Å²) in [5, 5.41) is 9.49. The Morgan fingerprint density at radius 1 is 1.23 bits per heavy atom. The van der Waals surface area contributed by atoms with Crippen LogP contribution in [0.15, 0.2) is 53.4 Å². The second-order valence-corrected chi connectivity index (χ2v) is 8.90. The molecule has 1 saturated heterocycles. The van der Waals surface area contributed by atoms with E-state index in [1.54, 1.807) is 16.8 Å². The van der Waals surface area contributed by atoms with Gasteiger partial charge in [-0.3, -0.25) is 9.69 Å². The van der Waals surface area contributed by atoms with Gasteiger partial charge in [-0.1, -0.05) is 17.7 Å². The number of benzene rings is 1. The summed E-state index contributed by atoms with van der Waals surface area (Å²) in [4.78, 5) is 20.7. The molecule has 4 rings (SSSR count). The van der Waals surface area contributed by atoms with Gasteiger partial charge in [-0.25, -0.2) is 14.1 Å². The molecule has 6 nitrogen and oxygen atoms in total. The number of carbonyl (C=O) groups excluding carboxylic acids is 1. The monoisotopic (exact) mass is 439 g/mol. The van der Waals surface area contributed by atoms with E-state index >= 15 is 0 Å². The standard InChI is InChI=1S/C23H26FN5OS/c1-16(2)9-12-28-13-10-18(11-14-28)25-23(30)21-26-22(20-4-3-15-31-20)29(27-21)19-7-5-17(24)6-8-19/h3-9,15,18H,10-14H2,1-2H3,(H,25,30). The van der Waals surface area contributed by atoms with E-state index in [4.69, 9.17) is 0 Å². The van der Waals surface area contributed by atoms with Gasteiger partial charge in [0, 0.05) is 25.7 Å². The van der Waals surface area contributed by atoms with E-state index in [0.717, 1.165) is 37.4 Å². The van der Waals surface area contributed by atoms with Crippen LogP contribution in [0.4, 0.5) is 4.39 Å². The van der Waals surface area contributed by atoms with E-state index in [1.165, 1.54) is 29.0 Å². The number of aromatic nitrogens is 3. The Hall–Kier alpha value is -2.84. The minimum absolute atomic E-state index is 0.110. The fourth-order valence-electron chi connectivity index (χ4n) is 3.56. The Labute approximate surface area is 185 Å². The lowest BCUT2D eigenvalue weighted by Crippen LogP contribution is -2.44. The average molecular weight is 440 g/mol. The molecule has 2 aromatic heterocycles. The summed E-state index contributed by atoms with van der Waals surface area (Å²) in [5.74, 6) is 0.0971. The SMILES string of the molecule is CC(C)=CCN1CCC(NC(=O)c2nc(-c3cccs3)n(-c3ccc(F)cc3)n2)CC1. The summed E-state index contributed by atoms with van der Waals surface area (Å²) in [5.41, 5.74) is 1.98. The van der Waals surface area contributed by atoms with Crippen LogP contribution >= 0.6 is 11.3 Å². The van der Waals surface area contributed by atoms with E-state index < -0.39 is 0 Å². The normalized spacial score (nSPS) is 15.1. The summed E-state index contributed by atoms with van der Waals surface area (Å²) in [6, 6.07) is 9.97. The molecular weight excluding hydrogens is 413 g/mol. The molecule has 0 spiro atoms. The number of halogens is 1. The number of hydrogen-bond acceptors (Lipinski definition) is 5.